The molecule has 0 atom stereocenters. The fourth-order valence-electron chi connectivity index (χ4n) is 2.46. The van der Waals surface area contributed by atoms with E-state index in [0.29, 0.717) is 29.1 Å². The van der Waals surface area contributed by atoms with Gasteiger partial charge in [0.25, 0.3) is 0 Å². The Morgan fingerprint density at radius 2 is 1.88 bits per heavy atom. The highest BCUT2D eigenvalue weighted by Crippen LogP contribution is 2.30. The van der Waals surface area contributed by atoms with Crippen LogP contribution in [0.5, 0.6) is 5.75 Å². The highest BCUT2D eigenvalue weighted by atomic mass is 19.1. The summed E-state index contributed by atoms with van der Waals surface area (Å²) in [5.41, 5.74) is 2.23. The molecule has 0 aliphatic rings. The van der Waals surface area contributed by atoms with Crippen LogP contribution in [0.4, 0.5) is 4.39 Å². The number of ether oxygens (including phenoxy) is 2. The van der Waals surface area contributed by atoms with Gasteiger partial charge < -0.3 is 9.47 Å². The zero-order valence-corrected chi connectivity index (χ0v) is 14.0. The van der Waals surface area contributed by atoms with Gasteiger partial charge in [0, 0.05) is 11.1 Å². The van der Waals surface area contributed by atoms with Gasteiger partial charge in [0.2, 0.25) is 0 Å². The van der Waals surface area contributed by atoms with E-state index in [9.17, 15) is 9.18 Å². The molecular weight excluding hydrogens is 307 g/mol. The van der Waals surface area contributed by atoms with Crippen LogP contribution in [-0.2, 0) is 22.6 Å². The van der Waals surface area contributed by atoms with E-state index in [1.165, 1.54) is 12.1 Å². The summed E-state index contributed by atoms with van der Waals surface area (Å²) < 4.78 is 25.0. The summed E-state index contributed by atoms with van der Waals surface area (Å²) in [7, 11) is 0. The predicted octanol–water partition coefficient (Wildman–Crippen LogP) is 4.54. The summed E-state index contributed by atoms with van der Waals surface area (Å²) in [5.74, 6) is -0.377. The third-order valence-electron chi connectivity index (χ3n) is 3.51. The standard InChI is InChI=1S/C20H21FO3/c1-4-23-18-11-10-17(21)20(14(2)3)16(18)12-19(22)24-13-15-8-6-5-7-9-15/h5-11H,2,4,12-13H2,1,3H3. The minimum absolute atomic E-state index is 0.0673. The van der Waals surface area contributed by atoms with Gasteiger partial charge in [0.15, 0.2) is 0 Å². The van der Waals surface area contributed by atoms with Crippen LogP contribution in [0.1, 0.15) is 30.5 Å². The second kappa shape index (κ2) is 8.29. The minimum Gasteiger partial charge on any atom is -0.494 e. The lowest BCUT2D eigenvalue weighted by Crippen LogP contribution is -2.12. The van der Waals surface area contributed by atoms with Crippen molar-refractivity contribution >= 4 is 11.5 Å². The van der Waals surface area contributed by atoms with Crippen molar-refractivity contribution in [2.45, 2.75) is 26.9 Å². The molecule has 0 heterocycles. The van der Waals surface area contributed by atoms with Gasteiger partial charge in [-0.05, 0) is 37.1 Å². The fourth-order valence-corrected chi connectivity index (χ4v) is 2.46. The quantitative estimate of drug-likeness (QED) is 0.700. The lowest BCUT2D eigenvalue weighted by Gasteiger charge is -2.15. The summed E-state index contributed by atoms with van der Waals surface area (Å²) in [6.07, 6.45) is -0.0673. The van der Waals surface area contributed by atoms with Crippen molar-refractivity contribution in [3.63, 3.8) is 0 Å². The predicted molar refractivity (Wildman–Crippen MR) is 92.2 cm³/mol. The fraction of sp³-hybridized carbons (Fsp3) is 0.250. The van der Waals surface area contributed by atoms with Gasteiger partial charge in [-0.15, -0.1) is 0 Å². The number of allylic oxidation sites excluding steroid dienone is 1. The monoisotopic (exact) mass is 328 g/mol. The summed E-state index contributed by atoms with van der Waals surface area (Å²) in [4.78, 5) is 12.2. The first kappa shape index (κ1) is 17.7. The molecule has 0 fully saturated rings. The third-order valence-corrected chi connectivity index (χ3v) is 3.51. The molecule has 24 heavy (non-hydrogen) atoms. The second-order valence-electron chi connectivity index (χ2n) is 5.44. The van der Waals surface area contributed by atoms with Crippen molar-refractivity contribution in [3.05, 3.63) is 71.6 Å². The Kier molecular flexibility index (Phi) is 6.13. The lowest BCUT2D eigenvalue weighted by atomic mass is 9.97. The molecule has 0 unspecified atom stereocenters. The van der Waals surface area contributed by atoms with Gasteiger partial charge in [0.1, 0.15) is 18.2 Å². The third kappa shape index (κ3) is 4.44. The maximum Gasteiger partial charge on any atom is 0.310 e. The van der Waals surface area contributed by atoms with E-state index in [1.807, 2.05) is 37.3 Å². The van der Waals surface area contributed by atoms with Gasteiger partial charge in [-0.3, -0.25) is 4.79 Å². The Labute approximate surface area is 141 Å². The number of carbonyl (C=O) groups excluding carboxylic acids is 1. The van der Waals surface area contributed by atoms with Crippen LogP contribution < -0.4 is 4.74 Å². The highest BCUT2D eigenvalue weighted by molar-refractivity contribution is 5.78. The number of hydrogen-bond donors (Lipinski definition) is 0. The van der Waals surface area contributed by atoms with Crippen molar-refractivity contribution in [1.29, 1.82) is 0 Å². The molecule has 0 N–H and O–H groups in total. The number of rotatable bonds is 7. The van der Waals surface area contributed by atoms with Crippen molar-refractivity contribution in [2.24, 2.45) is 0 Å². The average Bonchev–Trinajstić information content (AvgIpc) is 2.56. The van der Waals surface area contributed by atoms with Crippen LogP contribution in [0.3, 0.4) is 0 Å². The molecule has 0 saturated heterocycles. The van der Waals surface area contributed by atoms with Crippen LogP contribution >= 0.6 is 0 Å². The van der Waals surface area contributed by atoms with Gasteiger partial charge in [-0.1, -0.05) is 36.9 Å². The number of carbonyl (C=O) groups is 1. The molecule has 2 aromatic rings. The molecule has 0 bridgehead atoms. The van der Waals surface area contributed by atoms with Crippen molar-refractivity contribution in [2.75, 3.05) is 6.61 Å². The zero-order valence-electron chi connectivity index (χ0n) is 14.0. The molecule has 0 spiro atoms. The van der Waals surface area contributed by atoms with E-state index in [1.54, 1.807) is 6.92 Å². The van der Waals surface area contributed by atoms with E-state index in [2.05, 4.69) is 6.58 Å². The summed E-state index contributed by atoms with van der Waals surface area (Å²) in [6.45, 7) is 7.94. The molecule has 2 rings (SSSR count). The average molecular weight is 328 g/mol. The Bertz CT molecular complexity index is 723. The summed E-state index contributed by atoms with van der Waals surface area (Å²) in [6, 6.07) is 12.3. The van der Waals surface area contributed by atoms with Gasteiger partial charge in [0.05, 0.1) is 13.0 Å². The maximum atomic E-state index is 14.2. The molecule has 0 saturated carbocycles. The first-order valence-electron chi connectivity index (χ1n) is 7.82. The largest absolute Gasteiger partial charge is 0.494 e. The number of hydrogen-bond acceptors (Lipinski definition) is 3. The summed E-state index contributed by atoms with van der Waals surface area (Å²) >= 11 is 0. The van der Waals surface area contributed by atoms with Gasteiger partial charge in [-0.2, -0.15) is 0 Å². The Morgan fingerprint density at radius 3 is 2.50 bits per heavy atom. The van der Waals surface area contributed by atoms with Crippen molar-refractivity contribution in [1.82, 2.24) is 0 Å². The van der Waals surface area contributed by atoms with Crippen LogP contribution in [0.2, 0.25) is 0 Å². The first-order chi connectivity index (χ1) is 11.5. The van der Waals surface area contributed by atoms with E-state index in [4.69, 9.17) is 9.47 Å². The molecule has 0 aromatic heterocycles. The normalized spacial score (nSPS) is 10.3. The lowest BCUT2D eigenvalue weighted by molar-refractivity contribution is -0.144. The van der Waals surface area contributed by atoms with Gasteiger partial charge in [-0.25, -0.2) is 4.39 Å². The summed E-state index contributed by atoms with van der Waals surface area (Å²) in [5, 5.41) is 0. The Hall–Kier alpha value is -2.62. The van der Waals surface area contributed by atoms with Crippen molar-refractivity contribution < 1.29 is 18.7 Å². The van der Waals surface area contributed by atoms with Crippen molar-refractivity contribution in [3.8, 4) is 5.75 Å². The van der Waals surface area contributed by atoms with Crippen LogP contribution in [-0.4, -0.2) is 12.6 Å². The molecule has 4 heteroatoms. The Morgan fingerprint density at radius 1 is 1.17 bits per heavy atom. The molecule has 0 radical (unpaired) electrons. The SMILES string of the molecule is C=C(C)c1c(F)ccc(OCC)c1CC(=O)OCc1ccccc1. The zero-order chi connectivity index (χ0) is 17.5. The van der Waals surface area contributed by atoms with E-state index >= 15 is 0 Å². The second-order valence-corrected chi connectivity index (χ2v) is 5.44. The topological polar surface area (TPSA) is 35.5 Å². The maximum absolute atomic E-state index is 14.2. The Balaban J connectivity index is 2.19. The minimum atomic E-state index is -0.437. The first-order valence-corrected chi connectivity index (χ1v) is 7.82. The molecule has 3 nitrogen and oxygen atoms in total. The van der Waals surface area contributed by atoms with E-state index < -0.39 is 11.8 Å². The van der Waals surface area contributed by atoms with E-state index in [0.717, 1.165) is 5.56 Å². The molecule has 126 valence electrons. The number of halogens is 1. The number of benzene rings is 2. The molecular formula is C20H21FO3. The molecule has 2 aromatic carbocycles. The van der Waals surface area contributed by atoms with Crippen LogP contribution in [0, 0.1) is 5.82 Å². The van der Waals surface area contributed by atoms with Gasteiger partial charge >= 0.3 is 5.97 Å². The highest BCUT2D eigenvalue weighted by Gasteiger charge is 2.19. The molecule has 0 aliphatic carbocycles. The smallest absolute Gasteiger partial charge is 0.310 e. The van der Waals surface area contributed by atoms with Crippen LogP contribution in [0.15, 0.2) is 49.0 Å². The molecule has 0 amide bonds. The van der Waals surface area contributed by atoms with E-state index in [-0.39, 0.29) is 13.0 Å². The number of esters is 1. The van der Waals surface area contributed by atoms with Crippen LogP contribution in [0.25, 0.3) is 5.57 Å². The molecule has 0 aliphatic heterocycles.